The zero-order valence-corrected chi connectivity index (χ0v) is 18.5. The fourth-order valence-corrected chi connectivity index (χ4v) is 3.19. The molecule has 0 bridgehead atoms. The van der Waals surface area contributed by atoms with Crippen molar-refractivity contribution >= 4 is 29.3 Å². The molecule has 8 heteroatoms. The number of hydrogen-bond donors (Lipinski definition) is 1. The van der Waals surface area contributed by atoms with Gasteiger partial charge in [0.1, 0.15) is 23.1 Å². The van der Waals surface area contributed by atoms with Crippen LogP contribution in [0, 0.1) is 5.82 Å². The molecule has 0 spiro atoms. The quantitative estimate of drug-likeness (QED) is 0.575. The monoisotopic (exact) mass is 433 g/mol. The van der Waals surface area contributed by atoms with E-state index in [-0.39, 0.29) is 18.2 Å². The molecule has 2 rings (SSSR count). The lowest BCUT2D eigenvalue weighted by Gasteiger charge is -2.20. The number of aromatic nitrogens is 2. The van der Waals surface area contributed by atoms with E-state index in [1.165, 1.54) is 16.4 Å². The number of carbonyl (C=O) groups is 1. The van der Waals surface area contributed by atoms with E-state index in [1.54, 1.807) is 25.4 Å². The topological polar surface area (TPSA) is 83.4 Å². The summed E-state index contributed by atoms with van der Waals surface area (Å²) >= 11 is 0. The van der Waals surface area contributed by atoms with Crippen molar-refractivity contribution in [3.8, 4) is 11.3 Å². The molecule has 2 unspecified atom stereocenters. The van der Waals surface area contributed by atoms with E-state index >= 15 is 0 Å². The van der Waals surface area contributed by atoms with Gasteiger partial charge in [0, 0.05) is 30.9 Å². The van der Waals surface area contributed by atoms with Gasteiger partial charge in [0.05, 0.1) is 17.5 Å². The molecular formula is C22H28FN3O3S. The van der Waals surface area contributed by atoms with Gasteiger partial charge in [-0.3, -0.25) is 4.31 Å². The molecule has 0 aliphatic heterocycles. The Balaban J connectivity index is 2.54. The molecule has 1 aromatic heterocycles. The number of rotatable bonds is 10. The van der Waals surface area contributed by atoms with Crippen molar-refractivity contribution in [3.05, 3.63) is 47.4 Å². The molecule has 2 atom stereocenters. The number of aldehydes is 1. The Morgan fingerprint density at radius 1 is 1.23 bits per heavy atom. The number of hydrogen-bond acceptors (Lipinski definition) is 5. The normalized spacial score (nSPS) is 13.6. The van der Waals surface area contributed by atoms with Gasteiger partial charge in [0.15, 0.2) is 0 Å². The minimum Gasteiger partial charge on any atom is -0.393 e. The molecule has 0 fully saturated rings. The Bertz CT molecular complexity index is 917. The van der Waals surface area contributed by atoms with Crippen LogP contribution >= 0.6 is 0 Å². The largest absolute Gasteiger partial charge is 0.393 e. The summed E-state index contributed by atoms with van der Waals surface area (Å²) in [5, 5.41) is 9.74. The number of nitrogens with zero attached hydrogens (tertiary/aromatic N) is 3. The molecule has 2 aromatic rings. The van der Waals surface area contributed by atoms with Crippen LogP contribution in [0.3, 0.4) is 0 Å². The SMILES string of the molecule is CC(C)c1nc(N(C)S(C)=O)nc(-c2ccc(F)cc2)c1/C=C/CCC(O)CC=O. The molecular weight excluding hydrogens is 405 g/mol. The zero-order valence-electron chi connectivity index (χ0n) is 17.7. The van der Waals surface area contributed by atoms with Crippen molar-refractivity contribution < 1.29 is 18.5 Å². The fraction of sp³-hybridized carbons (Fsp3) is 0.409. The van der Waals surface area contributed by atoms with E-state index in [0.717, 1.165) is 16.8 Å². The highest BCUT2D eigenvalue weighted by Crippen LogP contribution is 2.31. The van der Waals surface area contributed by atoms with Gasteiger partial charge in [-0.1, -0.05) is 26.0 Å². The first-order valence-electron chi connectivity index (χ1n) is 9.78. The Labute approximate surface area is 179 Å². The van der Waals surface area contributed by atoms with Gasteiger partial charge in [-0.05, 0) is 43.0 Å². The summed E-state index contributed by atoms with van der Waals surface area (Å²) in [7, 11) is 0.363. The predicted octanol–water partition coefficient (Wildman–Crippen LogP) is 3.88. The number of allylic oxidation sites excluding steroid dienone is 1. The molecule has 30 heavy (non-hydrogen) atoms. The van der Waals surface area contributed by atoms with Crippen molar-refractivity contribution in [2.75, 3.05) is 17.6 Å². The van der Waals surface area contributed by atoms with E-state index in [9.17, 15) is 18.5 Å². The molecule has 0 aliphatic rings. The Hall–Kier alpha value is -2.45. The van der Waals surface area contributed by atoms with E-state index < -0.39 is 17.1 Å². The fourth-order valence-electron chi connectivity index (χ4n) is 2.88. The van der Waals surface area contributed by atoms with Crippen molar-refractivity contribution in [2.24, 2.45) is 0 Å². The highest BCUT2D eigenvalue weighted by molar-refractivity contribution is 7.85. The third kappa shape index (κ3) is 6.27. The van der Waals surface area contributed by atoms with Crippen molar-refractivity contribution in [2.45, 2.75) is 45.1 Å². The van der Waals surface area contributed by atoms with Crippen LogP contribution in [0.15, 0.2) is 30.3 Å². The molecule has 0 saturated carbocycles. The second-order valence-corrected chi connectivity index (χ2v) is 8.69. The third-order valence-corrected chi connectivity index (χ3v) is 5.55. The molecule has 162 valence electrons. The maximum absolute atomic E-state index is 13.5. The number of carbonyl (C=O) groups excluding carboxylic acids is 1. The lowest BCUT2D eigenvalue weighted by molar-refractivity contribution is -0.109. The number of benzene rings is 1. The second-order valence-electron chi connectivity index (χ2n) is 7.29. The first-order chi connectivity index (χ1) is 14.2. The minimum atomic E-state index is -1.30. The molecule has 0 amide bonds. The van der Waals surface area contributed by atoms with Crippen molar-refractivity contribution in [1.29, 1.82) is 0 Å². The molecule has 0 saturated heterocycles. The minimum absolute atomic E-state index is 0.0601. The third-order valence-electron chi connectivity index (χ3n) is 4.61. The van der Waals surface area contributed by atoms with Gasteiger partial charge in [-0.2, -0.15) is 0 Å². The van der Waals surface area contributed by atoms with Crippen LogP contribution in [0.5, 0.6) is 0 Å². The first kappa shape index (κ1) is 23.8. The molecule has 1 heterocycles. The van der Waals surface area contributed by atoms with E-state index in [0.29, 0.717) is 30.8 Å². The smallest absolute Gasteiger partial charge is 0.237 e. The highest BCUT2D eigenvalue weighted by Gasteiger charge is 2.19. The summed E-state index contributed by atoms with van der Waals surface area (Å²) in [6.07, 6.45) is 6.56. The lowest BCUT2D eigenvalue weighted by Crippen LogP contribution is -2.22. The summed E-state index contributed by atoms with van der Waals surface area (Å²) in [5.74, 6) is 0.0486. The van der Waals surface area contributed by atoms with Crippen LogP contribution in [-0.2, 0) is 15.8 Å². The van der Waals surface area contributed by atoms with Crippen LogP contribution in [0.2, 0.25) is 0 Å². The summed E-state index contributed by atoms with van der Waals surface area (Å²) in [4.78, 5) is 19.8. The number of anilines is 1. The Morgan fingerprint density at radius 2 is 1.90 bits per heavy atom. The number of aliphatic hydroxyl groups is 1. The molecule has 1 aromatic carbocycles. The number of halogens is 1. The molecule has 0 aliphatic carbocycles. The Morgan fingerprint density at radius 3 is 2.47 bits per heavy atom. The summed E-state index contributed by atoms with van der Waals surface area (Å²) < 4.78 is 26.9. The molecule has 6 nitrogen and oxygen atoms in total. The Kier molecular flexibility index (Phi) is 8.80. The van der Waals surface area contributed by atoms with Gasteiger partial charge in [0.25, 0.3) is 0 Å². The van der Waals surface area contributed by atoms with Crippen LogP contribution in [0.4, 0.5) is 10.3 Å². The average molecular weight is 434 g/mol. The van der Waals surface area contributed by atoms with E-state index in [1.807, 2.05) is 26.0 Å². The summed E-state index contributed by atoms with van der Waals surface area (Å²) in [6, 6.07) is 6.05. The lowest BCUT2D eigenvalue weighted by atomic mass is 9.97. The van der Waals surface area contributed by atoms with Gasteiger partial charge in [-0.15, -0.1) is 0 Å². The summed E-state index contributed by atoms with van der Waals surface area (Å²) in [5.41, 5.74) is 2.91. The van der Waals surface area contributed by atoms with Gasteiger partial charge in [0.2, 0.25) is 5.95 Å². The van der Waals surface area contributed by atoms with Gasteiger partial charge < -0.3 is 9.90 Å². The first-order valence-corrected chi connectivity index (χ1v) is 11.3. The van der Waals surface area contributed by atoms with E-state index in [4.69, 9.17) is 0 Å². The van der Waals surface area contributed by atoms with Crippen molar-refractivity contribution in [3.63, 3.8) is 0 Å². The van der Waals surface area contributed by atoms with Crippen LogP contribution in [0.1, 0.15) is 50.3 Å². The summed E-state index contributed by atoms with van der Waals surface area (Å²) in [6.45, 7) is 4.02. The van der Waals surface area contributed by atoms with Crippen molar-refractivity contribution in [1.82, 2.24) is 9.97 Å². The van der Waals surface area contributed by atoms with Crippen LogP contribution < -0.4 is 4.31 Å². The maximum Gasteiger partial charge on any atom is 0.237 e. The van der Waals surface area contributed by atoms with Gasteiger partial charge >= 0.3 is 0 Å². The van der Waals surface area contributed by atoms with E-state index in [2.05, 4.69) is 9.97 Å². The second kappa shape index (κ2) is 11.1. The standard InChI is InChI=1S/C22H28FN3O3S/c1-15(2)20-19(8-6-5-7-18(28)13-14-27)21(16-9-11-17(23)12-10-16)25-22(24-20)26(3)30(4)29/h6,8-12,14-15,18,28H,5,7,13H2,1-4H3/b8-6+. The zero-order chi connectivity index (χ0) is 22.3. The van der Waals surface area contributed by atoms with Crippen LogP contribution in [-0.4, -0.2) is 45.0 Å². The predicted molar refractivity (Wildman–Crippen MR) is 119 cm³/mol. The highest BCUT2D eigenvalue weighted by atomic mass is 32.2. The molecule has 0 radical (unpaired) electrons. The maximum atomic E-state index is 13.5. The van der Waals surface area contributed by atoms with Crippen LogP contribution in [0.25, 0.3) is 17.3 Å². The van der Waals surface area contributed by atoms with Gasteiger partial charge in [-0.25, -0.2) is 18.6 Å². The average Bonchev–Trinajstić information content (AvgIpc) is 2.71. The molecule has 1 N–H and O–H groups in total. The number of aliphatic hydroxyl groups excluding tert-OH is 1.